The van der Waals surface area contributed by atoms with Gasteiger partial charge in [0.1, 0.15) is 24.0 Å². The van der Waals surface area contributed by atoms with Gasteiger partial charge < -0.3 is 24.0 Å². The van der Waals surface area contributed by atoms with Crippen LogP contribution >= 0.6 is 0 Å². The van der Waals surface area contributed by atoms with Crippen LogP contribution in [0.2, 0.25) is 0 Å². The predicted octanol–water partition coefficient (Wildman–Crippen LogP) is 2.48. The van der Waals surface area contributed by atoms with Gasteiger partial charge in [0, 0.05) is 20.1 Å². The number of benzene rings is 1. The molecule has 13 nitrogen and oxygen atoms in total. The van der Waals surface area contributed by atoms with Crippen molar-refractivity contribution in [3.63, 3.8) is 0 Å². The Kier molecular flexibility index (Phi) is 6.69. The summed E-state index contributed by atoms with van der Waals surface area (Å²) < 4.78 is 19.7. The molecule has 0 amide bonds. The maximum atomic E-state index is 6.02. The molecule has 1 saturated heterocycles. The summed E-state index contributed by atoms with van der Waals surface area (Å²) in [5.74, 6) is 3.05. The molecule has 1 fully saturated rings. The van der Waals surface area contributed by atoms with Gasteiger partial charge in [0.05, 0.1) is 20.8 Å². The highest BCUT2D eigenvalue weighted by molar-refractivity contribution is 5.47. The second kappa shape index (κ2) is 10.6. The predicted molar refractivity (Wildman–Crippen MR) is 144 cm³/mol. The van der Waals surface area contributed by atoms with E-state index in [0.29, 0.717) is 42.4 Å². The highest BCUT2D eigenvalue weighted by Crippen LogP contribution is 2.31. The van der Waals surface area contributed by atoms with E-state index >= 15 is 0 Å². The molecule has 0 saturated carbocycles. The van der Waals surface area contributed by atoms with Gasteiger partial charge in [0.15, 0.2) is 11.3 Å². The van der Waals surface area contributed by atoms with Crippen LogP contribution in [-0.2, 0) is 0 Å². The van der Waals surface area contributed by atoms with Crippen LogP contribution < -0.4 is 24.0 Å². The molecule has 0 N–H and O–H groups in total. The van der Waals surface area contributed by atoms with Gasteiger partial charge in [-0.25, -0.2) is 0 Å². The zero-order chi connectivity index (χ0) is 26.8. The Morgan fingerprint density at radius 1 is 0.795 bits per heavy atom. The molecule has 5 heterocycles. The zero-order valence-electron chi connectivity index (χ0n) is 22.1. The molecule has 4 aromatic heterocycles. The van der Waals surface area contributed by atoms with E-state index in [0.717, 1.165) is 43.3 Å². The fourth-order valence-corrected chi connectivity index (χ4v) is 4.84. The van der Waals surface area contributed by atoms with E-state index < -0.39 is 0 Å². The van der Waals surface area contributed by atoms with Crippen LogP contribution in [0.5, 0.6) is 17.8 Å². The fraction of sp³-hybridized carbons (Fsp3) is 0.385. The van der Waals surface area contributed by atoms with Crippen LogP contribution in [0.1, 0.15) is 24.3 Å². The highest BCUT2D eigenvalue weighted by atomic mass is 16.5. The minimum atomic E-state index is 0.355. The number of piperidine rings is 1. The largest absolute Gasteiger partial charge is 0.492 e. The molecule has 0 bridgehead atoms. The summed E-state index contributed by atoms with van der Waals surface area (Å²) >= 11 is 0. The smallest absolute Gasteiger partial charge is 0.338 e. The first-order valence-corrected chi connectivity index (χ1v) is 12.8. The van der Waals surface area contributed by atoms with Gasteiger partial charge in [0.2, 0.25) is 0 Å². The van der Waals surface area contributed by atoms with E-state index in [4.69, 9.17) is 14.2 Å². The first kappa shape index (κ1) is 24.6. The van der Waals surface area contributed by atoms with Gasteiger partial charge in [-0.1, -0.05) is 22.3 Å². The number of hydrogen-bond acceptors (Lipinski definition) is 11. The average molecular weight is 531 g/mol. The summed E-state index contributed by atoms with van der Waals surface area (Å²) in [6, 6.07) is 16.9. The van der Waals surface area contributed by atoms with Gasteiger partial charge in [-0.15, -0.1) is 20.4 Å². The molecule has 0 radical (unpaired) electrons. The standard InChI is InChI=1S/C26H30N10O3/c1-33(23-10-8-21-27-29-25(37-2)35(21)31-23)16-17-39-20-6-4-18(5-7-20)19-12-14-34(15-13-19)24-11-9-22-28-30-26(38-3)36(22)32-24/h4-11,19H,12-17H2,1-3H3. The molecule has 0 unspecified atom stereocenters. The molecule has 1 aliphatic heterocycles. The number of fused-ring (bicyclic) bond motifs is 2. The van der Waals surface area contributed by atoms with Gasteiger partial charge in [-0.05, 0) is 60.7 Å². The Balaban J connectivity index is 1.00. The molecule has 0 aliphatic carbocycles. The van der Waals surface area contributed by atoms with Crippen molar-refractivity contribution in [2.45, 2.75) is 18.8 Å². The summed E-state index contributed by atoms with van der Waals surface area (Å²) in [6.07, 6.45) is 2.11. The number of likely N-dealkylation sites (N-methyl/N-ethyl adjacent to an activating group) is 1. The SMILES string of the molecule is COc1nnc2ccc(N(C)CCOc3ccc(C4CCN(c5ccc6nnc(OC)n6n5)CC4)cc3)nn12. The number of ether oxygens (including phenoxy) is 3. The van der Waals surface area contributed by atoms with Crippen molar-refractivity contribution in [2.24, 2.45) is 0 Å². The maximum Gasteiger partial charge on any atom is 0.338 e. The van der Waals surface area contributed by atoms with E-state index in [2.05, 4.69) is 59.8 Å². The van der Waals surface area contributed by atoms with Gasteiger partial charge in [-0.2, -0.15) is 9.03 Å². The van der Waals surface area contributed by atoms with Crippen LogP contribution in [0.3, 0.4) is 0 Å². The van der Waals surface area contributed by atoms with Gasteiger partial charge in [0.25, 0.3) is 0 Å². The number of nitrogens with zero attached hydrogens (tertiary/aromatic N) is 10. The molecular formula is C26H30N10O3. The van der Waals surface area contributed by atoms with Crippen molar-refractivity contribution in [3.8, 4) is 17.8 Å². The normalized spacial score (nSPS) is 14.2. The quantitative estimate of drug-likeness (QED) is 0.279. The Labute approximate surface area is 224 Å². The summed E-state index contributed by atoms with van der Waals surface area (Å²) in [5.41, 5.74) is 2.64. The number of rotatable bonds is 9. The van der Waals surface area contributed by atoms with Crippen LogP contribution in [0.15, 0.2) is 48.5 Å². The van der Waals surface area contributed by atoms with Crippen molar-refractivity contribution >= 4 is 22.9 Å². The van der Waals surface area contributed by atoms with Crippen molar-refractivity contribution in [1.82, 2.24) is 39.6 Å². The minimum Gasteiger partial charge on any atom is -0.492 e. The summed E-state index contributed by atoms with van der Waals surface area (Å²) in [6.45, 7) is 3.06. The molecule has 39 heavy (non-hydrogen) atoms. The lowest BCUT2D eigenvalue weighted by Crippen LogP contribution is -2.33. The Morgan fingerprint density at radius 3 is 2.10 bits per heavy atom. The highest BCUT2D eigenvalue weighted by Gasteiger charge is 2.22. The molecule has 1 aliphatic rings. The van der Waals surface area contributed by atoms with Crippen LogP contribution in [0, 0.1) is 0 Å². The number of methoxy groups -OCH3 is 2. The molecule has 0 atom stereocenters. The first-order chi connectivity index (χ1) is 19.1. The first-order valence-electron chi connectivity index (χ1n) is 12.8. The van der Waals surface area contributed by atoms with E-state index in [1.54, 1.807) is 23.3 Å². The molecule has 0 spiro atoms. The van der Waals surface area contributed by atoms with Crippen molar-refractivity contribution in [1.29, 1.82) is 0 Å². The lowest BCUT2D eigenvalue weighted by atomic mass is 9.89. The number of aromatic nitrogens is 8. The second-order valence-electron chi connectivity index (χ2n) is 9.40. The van der Waals surface area contributed by atoms with Crippen LogP contribution in [-0.4, -0.2) is 87.1 Å². The molecular weight excluding hydrogens is 500 g/mol. The van der Waals surface area contributed by atoms with Crippen molar-refractivity contribution < 1.29 is 14.2 Å². The lowest BCUT2D eigenvalue weighted by molar-refractivity contribution is 0.325. The third kappa shape index (κ3) is 4.94. The third-order valence-electron chi connectivity index (χ3n) is 7.06. The van der Waals surface area contributed by atoms with Gasteiger partial charge in [-0.3, -0.25) is 0 Å². The third-order valence-corrected chi connectivity index (χ3v) is 7.06. The van der Waals surface area contributed by atoms with Crippen LogP contribution in [0.4, 0.5) is 11.6 Å². The minimum absolute atomic E-state index is 0.355. The lowest BCUT2D eigenvalue weighted by Gasteiger charge is -2.33. The Hall–Kier alpha value is -4.68. The molecule has 1 aromatic carbocycles. The Bertz CT molecular complexity index is 1560. The van der Waals surface area contributed by atoms with Gasteiger partial charge >= 0.3 is 12.0 Å². The maximum absolute atomic E-state index is 6.02. The van der Waals surface area contributed by atoms with Crippen LogP contribution in [0.25, 0.3) is 11.3 Å². The summed E-state index contributed by atoms with van der Waals surface area (Å²) in [7, 11) is 5.09. The molecule has 13 heteroatoms. The van der Waals surface area contributed by atoms with E-state index in [-0.39, 0.29) is 0 Å². The summed E-state index contributed by atoms with van der Waals surface area (Å²) in [4.78, 5) is 4.32. The summed E-state index contributed by atoms with van der Waals surface area (Å²) in [5, 5.41) is 25.3. The average Bonchev–Trinajstić information content (AvgIpc) is 3.60. The number of anilines is 2. The topological polar surface area (TPSA) is 120 Å². The van der Waals surface area contributed by atoms with E-state index in [1.807, 2.05) is 36.2 Å². The molecule has 202 valence electrons. The molecule has 5 aromatic rings. The van der Waals surface area contributed by atoms with Crippen molar-refractivity contribution in [3.05, 3.63) is 54.1 Å². The fourth-order valence-electron chi connectivity index (χ4n) is 4.84. The van der Waals surface area contributed by atoms with E-state index in [1.165, 1.54) is 5.56 Å². The molecule has 6 rings (SSSR count). The number of hydrogen-bond donors (Lipinski definition) is 0. The second-order valence-corrected chi connectivity index (χ2v) is 9.40. The zero-order valence-corrected chi connectivity index (χ0v) is 22.1. The monoisotopic (exact) mass is 530 g/mol. The van der Waals surface area contributed by atoms with Crippen molar-refractivity contribution in [2.75, 3.05) is 57.3 Å². The Morgan fingerprint density at radius 2 is 1.44 bits per heavy atom. The van der Waals surface area contributed by atoms with E-state index in [9.17, 15) is 0 Å².